The first-order valence-corrected chi connectivity index (χ1v) is 6.00. The van der Waals surface area contributed by atoms with Crippen LogP contribution in [-0.4, -0.2) is 12.1 Å². The molecule has 18 heavy (non-hydrogen) atoms. The Morgan fingerprint density at radius 3 is 2.50 bits per heavy atom. The molecule has 1 aromatic carbocycles. The zero-order valence-corrected chi connectivity index (χ0v) is 11.4. The summed E-state index contributed by atoms with van der Waals surface area (Å²) in [7, 11) is 1.46. The summed E-state index contributed by atoms with van der Waals surface area (Å²) in [6.45, 7) is 0. The first-order chi connectivity index (χ1) is 8.52. The third kappa shape index (κ3) is 2.53. The number of methoxy groups -OCH3 is 1. The summed E-state index contributed by atoms with van der Waals surface area (Å²) in [6.07, 6.45) is 1.28. The lowest BCUT2D eigenvalue weighted by atomic mass is 10.1. The van der Waals surface area contributed by atoms with E-state index in [1.165, 1.54) is 31.5 Å². The largest absolute Gasteiger partial charge is 0.495 e. The van der Waals surface area contributed by atoms with E-state index >= 15 is 0 Å². The minimum Gasteiger partial charge on any atom is -0.495 e. The Kier molecular flexibility index (Phi) is 3.95. The van der Waals surface area contributed by atoms with Crippen molar-refractivity contribution in [1.29, 1.82) is 0 Å². The second-order valence-electron chi connectivity index (χ2n) is 3.46. The number of halogens is 4. The first-order valence-electron chi connectivity index (χ1n) is 4.87. The van der Waals surface area contributed by atoms with Crippen molar-refractivity contribution in [3.05, 3.63) is 45.4 Å². The number of aromatic nitrogens is 1. The molecule has 2 aromatic rings. The van der Waals surface area contributed by atoms with E-state index in [1.807, 2.05) is 0 Å². The van der Waals surface area contributed by atoms with Gasteiger partial charge in [0.15, 0.2) is 0 Å². The molecule has 0 aliphatic rings. The summed E-state index contributed by atoms with van der Waals surface area (Å²) in [6, 6.07) is 4.49. The SMILES string of the molecule is COc1cnc(F)c(-c2cc(Cl)cc(Cl)c2Cl)c1. The molecule has 2 nitrogen and oxygen atoms in total. The van der Waals surface area contributed by atoms with E-state index in [0.717, 1.165) is 0 Å². The Hall–Kier alpha value is -1.03. The van der Waals surface area contributed by atoms with E-state index in [0.29, 0.717) is 16.3 Å². The van der Waals surface area contributed by atoms with E-state index < -0.39 is 5.95 Å². The molecular weight excluding hydrogens is 299 g/mol. The molecule has 1 heterocycles. The van der Waals surface area contributed by atoms with E-state index in [9.17, 15) is 4.39 Å². The quantitative estimate of drug-likeness (QED) is 0.584. The fourth-order valence-corrected chi connectivity index (χ4v) is 2.19. The standard InChI is InChI=1S/C12H7Cl3FNO/c1-18-7-4-9(12(16)17-5-7)8-2-6(13)3-10(14)11(8)15/h2-5H,1H3. The highest BCUT2D eigenvalue weighted by Crippen LogP contribution is 2.38. The van der Waals surface area contributed by atoms with Crippen molar-refractivity contribution in [2.45, 2.75) is 0 Å². The number of hydrogen-bond donors (Lipinski definition) is 0. The van der Waals surface area contributed by atoms with Crippen LogP contribution in [0.5, 0.6) is 5.75 Å². The van der Waals surface area contributed by atoms with Gasteiger partial charge in [-0.05, 0) is 18.2 Å². The van der Waals surface area contributed by atoms with Crippen molar-refractivity contribution in [3.63, 3.8) is 0 Å². The average Bonchev–Trinajstić information content (AvgIpc) is 2.34. The van der Waals surface area contributed by atoms with Gasteiger partial charge in [0, 0.05) is 16.1 Å². The molecule has 0 radical (unpaired) electrons. The molecule has 6 heteroatoms. The topological polar surface area (TPSA) is 22.1 Å². The minimum atomic E-state index is -0.670. The molecular formula is C12H7Cl3FNO. The molecule has 94 valence electrons. The van der Waals surface area contributed by atoms with Crippen molar-refractivity contribution >= 4 is 34.8 Å². The third-order valence-electron chi connectivity index (χ3n) is 2.33. The van der Waals surface area contributed by atoms with E-state index in [-0.39, 0.29) is 15.6 Å². The molecule has 0 aliphatic heterocycles. The van der Waals surface area contributed by atoms with Crippen LogP contribution in [0.15, 0.2) is 24.4 Å². The maximum Gasteiger partial charge on any atom is 0.221 e. The number of ether oxygens (including phenoxy) is 1. The molecule has 0 atom stereocenters. The van der Waals surface area contributed by atoms with Gasteiger partial charge >= 0.3 is 0 Å². The van der Waals surface area contributed by atoms with Crippen LogP contribution in [0.1, 0.15) is 0 Å². The molecule has 0 fully saturated rings. The van der Waals surface area contributed by atoms with Crippen LogP contribution in [-0.2, 0) is 0 Å². The molecule has 0 saturated heterocycles. The van der Waals surface area contributed by atoms with Crippen molar-refractivity contribution < 1.29 is 9.13 Å². The van der Waals surface area contributed by atoms with Crippen molar-refractivity contribution in [1.82, 2.24) is 4.98 Å². The molecule has 2 rings (SSSR count). The number of hydrogen-bond acceptors (Lipinski definition) is 2. The lowest BCUT2D eigenvalue weighted by molar-refractivity contribution is 0.410. The Labute approximate surface area is 118 Å². The molecule has 0 saturated carbocycles. The van der Waals surface area contributed by atoms with Crippen LogP contribution in [0.3, 0.4) is 0 Å². The van der Waals surface area contributed by atoms with E-state index in [1.54, 1.807) is 0 Å². The predicted octanol–water partition coefficient (Wildman–Crippen LogP) is 4.86. The highest BCUT2D eigenvalue weighted by molar-refractivity contribution is 6.45. The first kappa shape index (κ1) is 13.4. The third-order valence-corrected chi connectivity index (χ3v) is 3.35. The van der Waals surface area contributed by atoms with Crippen LogP contribution >= 0.6 is 34.8 Å². The Bertz CT molecular complexity index is 604. The van der Waals surface area contributed by atoms with Gasteiger partial charge in [-0.3, -0.25) is 0 Å². The van der Waals surface area contributed by atoms with Gasteiger partial charge in [0.2, 0.25) is 5.95 Å². The van der Waals surface area contributed by atoms with Gasteiger partial charge < -0.3 is 4.74 Å². The highest BCUT2D eigenvalue weighted by Gasteiger charge is 2.14. The number of nitrogens with zero attached hydrogens (tertiary/aromatic N) is 1. The van der Waals surface area contributed by atoms with Gasteiger partial charge in [0.1, 0.15) is 5.75 Å². The molecule has 0 unspecified atom stereocenters. The van der Waals surface area contributed by atoms with Crippen LogP contribution in [0.4, 0.5) is 4.39 Å². The second kappa shape index (κ2) is 5.31. The maximum absolute atomic E-state index is 13.7. The maximum atomic E-state index is 13.7. The van der Waals surface area contributed by atoms with Crippen LogP contribution in [0.25, 0.3) is 11.1 Å². The predicted molar refractivity (Wildman–Crippen MR) is 71.2 cm³/mol. The van der Waals surface area contributed by atoms with Crippen LogP contribution < -0.4 is 4.74 Å². The average molecular weight is 307 g/mol. The lowest BCUT2D eigenvalue weighted by Crippen LogP contribution is -1.93. The van der Waals surface area contributed by atoms with Gasteiger partial charge in [-0.25, -0.2) is 4.98 Å². The summed E-state index contributed by atoms with van der Waals surface area (Å²) in [5, 5.41) is 0.832. The molecule has 0 amide bonds. The van der Waals surface area contributed by atoms with Gasteiger partial charge in [0.25, 0.3) is 0 Å². The summed E-state index contributed by atoms with van der Waals surface area (Å²) < 4.78 is 18.7. The number of benzene rings is 1. The molecule has 0 aliphatic carbocycles. The second-order valence-corrected chi connectivity index (χ2v) is 4.68. The normalized spacial score (nSPS) is 10.5. The van der Waals surface area contributed by atoms with Crippen LogP contribution in [0.2, 0.25) is 15.1 Å². The van der Waals surface area contributed by atoms with Crippen molar-refractivity contribution in [3.8, 4) is 16.9 Å². The smallest absolute Gasteiger partial charge is 0.221 e. The summed E-state index contributed by atoms with van der Waals surface area (Å²) >= 11 is 17.8. The zero-order chi connectivity index (χ0) is 13.3. The van der Waals surface area contributed by atoms with Gasteiger partial charge in [-0.15, -0.1) is 0 Å². The molecule has 0 N–H and O–H groups in total. The summed E-state index contributed by atoms with van der Waals surface area (Å²) in [4.78, 5) is 3.59. The fraction of sp³-hybridized carbons (Fsp3) is 0.0833. The highest BCUT2D eigenvalue weighted by atomic mass is 35.5. The van der Waals surface area contributed by atoms with E-state index in [2.05, 4.69) is 4.98 Å². The van der Waals surface area contributed by atoms with Crippen molar-refractivity contribution in [2.75, 3.05) is 7.11 Å². The molecule has 0 spiro atoms. The van der Waals surface area contributed by atoms with Gasteiger partial charge in [0.05, 0.1) is 23.4 Å². The van der Waals surface area contributed by atoms with Gasteiger partial charge in [-0.2, -0.15) is 4.39 Å². The van der Waals surface area contributed by atoms with Gasteiger partial charge in [-0.1, -0.05) is 34.8 Å². The summed E-state index contributed by atoms with van der Waals surface area (Å²) in [5.74, 6) is -0.255. The minimum absolute atomic E-state index is 0.184. The fourth-order valence-electron chi connectivity index (χ4n) is 1.48. The van der Waals surface area contributed by atoms with Crippen LogP contribution in [0, 0.1) is 5.95 Å². The molecule has 0 bridgehead atoms. The Morgan fingerprint density at radius 2 is 1.83 bits per heavy atom. The zero-order valence-electron chi connectivity index (χ0n) is 9.18. The number of pyridine rings is 1. The Morgan fingerprint density at radius 1 is 1.11 bits per heavy atom. The lowest BCUT2D eigenvalue weighted by Gasteiger charge is -2.09. The van der Waals surface area contributed by atoms with Crippen molar-refractivity contribution in [2.24, 2.45) is 0 Å². The Balaban J connectivity index is 2.68. The summed E-state index contributed by atoms with van der Waals surface area (Å²) in [5.41, 5.74) is 0.557. The molecule has 1 aromatic heterocycles. The van der Waals surface area contributed by atoms with E-state index in [4.69, 9.17) is 39.5 Å². The monoisotopic (exact) mass is 305 g/mol. The number of rotatable bonds is 2.